The van der Waals surface area contributed by atoms with Crippen LogP contribution in [0.2, 0.25) is 0 Å². The molecule has 0 aromatic heterocycles. The molecule has 1 heterocycles. The second-order valence-electron chi connectivity index (χ2n) is 6.37. The topological polar surface area (TPSA) is 41.6 Å². The molecule has 25 heavy (non-hydrogen) atoms. The zero-order valence-electron chi connectivity index (χ0n) is 14.6. The van der Waals surface area contributed by atoms with Crippen LogP contribution < -0.4 is 10.1 Å². The maximum absolute atomic E-state index is 14.2. The predicted molar refractivity (Wildman–Crippen MR) is 96.1 cm³/mol. The van der Waals surface area contributed by atoms with E-state index < -0.39 is 0 Å². The maximum atomic E-state index is 14.2. The molecule has 2 aromatic carbocycles. The molecule has 0 bridgehead atoms. The molecule has 1 aliphatic heterocycles. The fourth-order valence-electron chi connectivity index (χ4n) is 3.11. The smallest absolute Gasteiger partial charge is 0.222 e. The van der Waals surface area contributed by atoms with Gasteiger partial charge in [0.2, 0.25) is 5.91 Å². The van der Waals surface area contributed by atoms with Gasteiger partial charge in [-0.15, -0.1) is 0 Å². The number of likely N-dealkylation sites (tertiary alicyclic amines) is 1. The van der Waals surface area contributed by atoms with Crippen LogP contribution in [0.5, 0.6) is 5.75 Å². The number of anilines is 1. The number of carbonyl (C=O) groups is 1. The van der Waals surface area contributed by atoms with E-state index in [9.17, 15) is 9.18 Å². The lowest BCUT2D eigenvalue weighted by Crippen LogP contribution is -2.23. The number of benzene rings is 2. The molecule has 0 saturated carbocycles. The average molecular weight is 342 g/mol. The summed E-state index contributed by atoms with van der Waals surface area (Å²) >= 11 is 0. The van der Waals surface area contributed by atoms with Crippen molar-refractivity contribution in [2.75, 3.05) is 19.0 Å². The van der Waals surface area contributed by atoms with Crippen LogP contribution in [0.15, 0.2) is 42.5 Å². The van der Waals surface area contributed by atoms with Crippen LogP contribution in [0, 0.1) is 5.82 Å². The van der Waals surface area contributed by atoms with E-state index in [-0.39, 0.29) is 17.8 Å². The minimum absolute atomic E-state index is 0.170. The summed E-state index contributed by atoms with van der Waals surface area (Å²) in [5.41, 5.74) is 2.61. The van der Waals surface area contributed by atoms with Crippen molar-refractivity contribution in [3.05, 3.63) is 59.4 Å². The van der Waals surface area contributed by atoms with Gasteiger partial charge in [-0.05, 0) is 37.1 Å². The van der Waals surface area contributed by atoms with Crippen molar-refractivity contribution < 1.29 is 13.9 Å². The van der Waals surface area contributed by atoms with Crippen molar-refractivity contribution in [1.29, 1.82) is 0 Å². The maximum Gasteiger partial charge on any atom is 0.222 e. The van der Waals surface area contributed by atoms with E-state index in [2.05, 4.69) is 5.32 Å². The predicted octanol–water partition coefficient (Wildman–Crippen LogP) is 4.13. The Hall–Kier alpha value is -2.56. The third-order valence-electron chi connectivity index (χ3n) is 4.56. The zero-order chi connectivity index (χ0) is 17.8. The van der Waals surface area contributed by atoms with Crippen LogP contribution in [0.4, 0.5) is 10.1 Å². The number of nitrogens with zero attached hydrogens (tertiary/aromatic N) is 1. The fourth-order valence-corrected chi connectivity index (χ4v) is 3.11. The minimum atomic E-state index is -0.288. The van der Waals surface area contributed by atoms with Crippen LogP contribution in [0.25, 0.3) is 0 Å². The van der Waals surface area contributed by atoms with Crippen molar-refractivity contribution >= 4 is 11.6 Å². The Bertz CT molecular complexity index is 746. The summed E-state index contributed by atoms with van der Waals surface area (Å²) in [6.45, 7) is 3.41. The Labute approximate surface area is 147 Å². The van der Waals surface area contributed by atoms with Crippen LogP contribution in [0.3, 0.4) is 0 Å². The highest BCUT2D eigenvalue weighted by atomic mass is 19.1. The highest BCUT2D eigenvalue weighted by molar-refractivity contribution is 5.78. The summed E-state index contributed by atoms with van der Waals surface area (Å²) in [6, 6.07) is 12.7. The van der Waals surface area contributed by atoms with E-state index in [1.165, 1.54) is 13.2 Å². The van der Waals surface area contributed by atoms with E-state index in [0.29, 0.717) is 24.3 Å². The summed E-state index contributed by atoms with van der Waals surface area (Å²) in [6.07, 6.45) is 1.61. The van der Waals surface area contributed by atoms with Gasteiger partial charge in [-0.1, -0.05) is 18.2 Å². The molecule has 5 heteroatoms. The molecule has 1 aliphatic rings. The van der Waals surface area contributed by atoms with Gasteiger partial charge in [0.05, 0.1) is 13.2 Å². The van der Waals surface area contributed by atoms with E-state index >= 15 is 0 Å². The van der Waals surface area contributed by atoms with Gasteiger partial charge in [0, 0.05) is 36.8 Å². The summed E-state index contributed by atoms with van der Waals surface area (Å²) in [7, 11) is 1.52. The van der Waals surface area contributed by atoms with Gasteiger partial charge >= 0.3 is 0 Å². The summed E-state index contributed by atoms with van der Waals surface area (Å²) in [5, 5.41) is 3.30. The standard InChI is InChI=1S/C20H23FN2O2/c1-14(18-10-9-17(25-2)12-19(18)21)22-16-7-5-15(6-8-16)13-23-11-3-4-20(23)24/h5-10,12,14,22H,3-4,11,13H2,1-2H3. The number of rotatable bonds is 6. The van der Waals surface area contributed by atoms with Gasteiger partial charge < -0.3 is 15.0 Å². The lowest BCUT2D eigenvalue weighted by molar-refractivity contribution is -0.128. The van der Waals surface area contributed by atoms with Crippen LogP contribution in [-0.2, 0) is 11.3 Å². The van der Waals surface area contributed by atoms with E-state index in [1.54, 1.807) is 12.1 Å². The fraction of sp³-hybridized carbons (Fsp3) is 0.350. The molecule has 2 aromatic rings. The van der Waals surface area contributed by atoms with Crippen LogP contribution >= 0.6 is 0 Å². The van der Waals surface area contributed by atoms with Gasteiger partial charge in [-0.2, -0.15) is 0 Å². The summed E-state index contributed by atoms with van der Waals surface area (Å²) < 4.78 is 19.2. The summed E-state index contributed by atoms with van der Waals surface area (Å²) in [4.78, 5) is 13.6. The number of hydrogen-bond donors (Lipinski definition) is 1. The second-order valence-corrected chi connectivity index (χ2v) is 6.37. The molecule has 0 aliphatic carbocycles. The Balaban J connectivity index is 1.63. The normalized spacial score (nSPS) is 15.3. The lowest BCUT2D eigenvalue weighted by Gasteiger charge is -2.18. The molecule has 3 rings (SSSR count). The SMILES string of the molecule is COc1ccc(C(C)Nc2ccc(CN3CCCC3=O)cc2)c(F)c1. The van der Waals surface area contributed by atoms with Gasteiger partial charge in [0.15, 0.2) is 0 Å². The Kier molecular flexibility index (Phi) is 5.22. The molecule has 1 amide bonds. The Morgan fingerprint density at radius 3 is 2.60 bits per heavy atom. The van der Waals surface area contributed by atoms with Gasteiger partial charge in [0.25, 0.3) is 0 Å². The third-order valence-corrected chi connectivity index (χ3v) is 4.56. The molecule has 1 atom stereocenters. The number of carbonyl (C=O) groups excluding carboxylic acids is 1. The van der Waals surface area contributed by atoms with Crippen molar-refractivity contribution in [2.24, 2.45) is 0 Å². The number of nitrogens with one attached hydrogen (secondary N) is 1. The molecular weight excluding hydrogens is 319 g/mol. The minimum Gasteiger partial charge on any atom is -0.497 e. The number of ether oxygens (including phenoxy) is 1. The number of halogens is 1. The van der Waals surface area contributed by atoms with Gasteiger partial charge in [-0.3, -0.25) is 4.79 Å². The van der Waals surface area contributed by atoms with Crippen molar-refractivity contribution in [3.8, 4) is 5.75 Å². The zero-order valence-corrected chi connectivity index (χ0v) is 14.6. The quantitative estimate of drug-likeness (QED) is 0.858. The molecule has 1 N–H and O–H groups in total. The number of methoxy groups -OCH3 is 1. The first kappa shape index (κ1) is 17.3. The Morgan fingerprint density at radius 1 is 1.24 bits per heavy atom. The highest BCUT2D eigenvalue weighted by Crippen LogP contribution is 2.25. The van der Waals surface area contributed by atoms with Crippen molar-refractivity contribution in [1.82, 2.24) is 4.90 Å². The third kappa shape index (κ3) is 4.10. The molecule has 1 saturated heterocycles. The van der Waals surface area contributed by atoms with Crippen molar-refractivity contribution in [2.45, 2.75) is 32.4 Å². The van der Waals surface area contributed by atoms with Crippen LogP contribution in [-0.4, -0.2) is 24.5 Å². The first-order chi connectivity index (χ1) is 12.1. The lowest BCUT2D eigenvalue weighted by atomic mass is 10.1. The van der Waals surface area contributed by atoms with E-state index in [0.717, 1.165) is 24.2 Å². The Morgan fingerprint density at radius 2 is 2.00 bits per heavy atom. The second kappa shape index (κ2) is 7.55. The average Bonchev–Trinajstić information content (AvgIpc) is 3.01. The molecule has 0 radical (unpaired) electrons. The molecule has 1 unspecified atom stereocenters. The molecule has 4 nitrogen and oxygen atoms in total. The van der Waals surface area contributed by atoms with Crippen molar-refractivity contribution in [3.63, 3.8) is 0 Å². The van der Waals surface area contributed by atoms with Crippen LogP contribution in [0.1, 0.15) is 36.9 Å². The first-order valence-corrected chi connectivity index (χ1v) is 8.53. The molecule has 1 fully saturated rings. The van der Waals surface area contributed by atoms with Gasteiger partial charge in [0.1, 0.15) is 11.6 Å². The largest absolute Gasteiger partial charge is 0.497 e. The summed E-state index contributed by atoms with van der Waals surface area (Å²) in [5.74, 6) is 0.448. The number of hydrogen-bond acceptors (Lipinski definition) is 3. The monoisotopic (exact) mass is 342 g/mol. The van der Waals surface area contributed by atoms with E-state index in [1.807, 2.05) is 36.1 Å². The van der Waals surface area contributed by atoms with Gasteiger partial charge in [-0.25, -0.2) is 4.39 Å². The number of amides is 1. The molecule has 0 spiro atoms. The first-order valence-electron chi connectivity index (χ1n) is 8.53. The van der Waals surface area contributed by atoms with E-state index in [4.69, 9.17) is 4.74 Å². The highest BCUT2D eigenvalue weighted by Gasteiger charge is 2.19. The molecular formula is C20H23FN2O2. The molecule has 132 valence electrons.